The van der Waals surface area contributed by atoms with Crippen LogP contribution >= 0.6 is 11.3 Å². The maximum Gasteiger partial charge on any atom is 0.225 e. The number of aromatic nitrogens is 2. The predicted molar refractivity (Wildman–Crippen MR) is 124 cm³/mol. The van der Waals surface area contributed by atoms with Crippen molar-refractivity contribution in [2.24, 2.45) is 10.9 Å². The van der Waals surface area contributed by atoms with Crippen LogP contribution in [0.5, 0.6) is 5.75 Å². The van der Waals surface area contributed by atoms with Gasteiger partial charge in [-0.1, -0.05) is 0 Å². The van der Waals surface area contributed by atoms with Crippen LogP contribution in [0.15, 0.2) is 23.5 Å². The van der Waals surface area contributed by atoms with Gasteiger partial charge in [-0.2, -0.15) is 0 Å². The van der Waals surface area contributed by atoms with Crippen LogP contribution in [-0.2, 0) is 24.2 Å². The molecule has 7 nitrogen and oxygen atoms in total. The average molecular weight is 436 g/mol. The molecule has 0 fully saturated rings. The van der Waals surface area contributed by atoms with Gasteiger partial charge in [0.05, 0.1) is 24.2 Å². The van der Waals surface area contributed by atoms with Crippen LogP contribution in [-0.4, -0.2) is 47.7 Å². The van der Waals surface area contributed by atoms with Gasteiger partial charge in [-0.05, 0) is 55.0 Å². The van der Waals surface area contributed by atoms with Gasteiger partial charge in [0.25, 0.3) is 0 Å². The number of aryl methyl sites for hydroxylation is 1. The lowest BCUT2D eigenvalue weighted by Crippen LogP contribution is -2.32. The molecule has 0 saturated carbocycles. The number of hydrogen-bond acceptors (Lipinski definition) is 7. The van der Waals surface area contributed by atoms with Gasteiger partial charge in [-0.3, -0.25) is 9.79 Å². The summed E-state index contributed by atoms with van der Waals surface area (Å²) < 4.78 is 5.90. The predicted octanol–water partition coefficient (Wildman–Crippen LogP) is 3.96. The zero-order valence-electron chi connectivity index (χ0n) is 17.9. The lowest BCUT2D eigenvalue weighted by Gasteiger charge is -2.24. The summed E-state index contributed by atoms with van der Waals surface area (Å²) >= 11 is 1.68. The second-order valence-electron chi connectivity index (χ2n) is 8.15. The second kappa shape index (κ2) is 7.92. The summed E-state index contributed by atoms with van der Waals surface area (Å²) in [4.78, 5) is 29.9. The first-order valence-electron chi connectivity index (χ1n) is 10.6. The highest BCUT2D eigenvalue weighted by molar-refractivity contribution is 7.19. The van der Waals surface area contributed by atoms with Crippen molar-refractivity contribution in [3.63, 3.8) is 0 Å². The van der Waals surface area contributed by atoms with Gasteiger partial charge in [0.1, 0.15) is 22.7 Å². The molecule has 3 heterocycles. The van der Waals surface area contributed by atoms with Crippen molar-refractivity contribution in [1.82, 2.24) is 14.9 Å². The highest BCUT2D eigenvalue weighted by atomic mass is 32.1. The minimum absolute atomic E-state index is 0.0421. The van der Waals surface area contributed by atoms with E-state index in [2.05, 4.69) is 32.4 Å². The van der Waals surface area contributed by atoms with Gasteiger partial charge in [-0.25, -0.2) is 9.97 Å². The maximum atomic E-state index is 12.5. The molecule has 0 radical (unpaired) electrons. The molecule has 31 heavy (non-hydrogen) atoms. The number of nitrogens with one attached hydrogen (secondary N) is 1. The largest absolute Gasteiger partial charge is 0.492 e. The summed E-state index contributed by atoms with van der Waals surface area (Å²) in [5.41, 5.74) is 4.43. The molecule has 8 heteroatoms. The number of amides is 1. The molecular weight excluding hydrogens is 410 g/mol. The summed E-state index contributed by atoms with van der Waals surface area (Å²) in [6.45, 7) is 3.26. The van der Waals surface area contributed by atoms with Crippen LogP contribution < -0.4 is 10.1 Å². The number of benzene rings is 1. The van der Waals surface area contributed by atoms with Crippen LogP contribution in [0.25, 0.3) is 10.2 Å². The zero-order chi connectivity index (χ0) is 21.5. The molecule has 0 bridgehead atoms. The molecule has 0 saturated heterocycles. The number of thiophene rings is 1. The summed E-state index contributed by atoms with van der Waals surface area (Å²) in [7, 11) is 3.65. The molecule has 5 rings (SSSR count). The molecule has 1 aromatic carbocycles. The third kappa shape index (κ3) is 3.54. The van der Waals surface area contributed by atoms with Crippen molar-refractivity contribution in [1.29, 1.82) is 0 Å². The number of carbonyl (C=O) groups excluding carboxylic acids is 1. The molecule has 2 aromatic heterocycles. The number of hydrogen-bond donors (Lipinski definition) is 1. The van der Waals surface area contributed by atoms with Crippen molar-refractivity contribution in [2.45, 2.75) is 32.7 Å². The first-order chi connectivity index (χ1) is 15.0. The van der Waals surface area contributed by atoms with Gasteiger partial charge in [0.15, 0.2) is 0 Å². The van der Waals surface area contributed by atoms with E-state index < -0.39 is 0 Å². The Labute approximate surface area is 185 Å². The molecule has 160 valence electrons. The van der Waals surface area contributed by atoms with Crippen molar-refractivity contribution in [3.8, 4) is 5.75 Å². The number of anilines is 2. The summed E-state index contributed by atoms with van der Waals surface area (Å²) in [6, 6.07) is 4.14. The lowest BCUT2D eigenvalue weighted by molar-refractivity contribution is -0.133. The standard InChI is InChI=1S/C23H25N5O2S/c1-4-30-18-8-15-11-24-10-14(15)7-17(18)27-21-20-16-6-5-13(23(29)28(2)3)9-19(16)31-22(20)26-12-25-21/h7-8,10,12-13H,4-6,9,11H2,1-3H3,(H,25,26,27). The molecule has 1 amide bonds. The molecule has 1 aliphatic carbocycles. The zero-order valence-corrected chi connectivity index (χ0v) is 18.8. The van der Waals surface area contributed by atoms with E-state index in [1.165, 1.54) is 16.0 Å². The molecule has 3 aromatic rings. The Kier molecular flexibility index (Phi) is 5.09. The summed E-state index contributed by atoms with van der Waals surface area (Å²) in [6.07, 6.45) is 5.98. The number of rotatable bonds is 5. The van der Waals surface area contributed by atoms with Crippen molar-refractivity contribution in [2.75, 3.05) is 26.0 Å². The Hall–Kier alpha value is -3.00. The van der Waals surface area contributed by atoms with Gasteiger partial charge in [0.2, 0.25) is 5.91 Å². The Balaban J connectivity index is 1.53. The van der Waals surface area contributed by atoms with E-state index in [1.807, 2.05) is 27.2 Å². The van der Waals surface area contributed by atoms with Crippen LogP contribution in [0, 0.1) is 5.92 Å². The van der Waals surface area contributed by atoms with Gasteiger partial charge in [0, 0.05) is 31.1 Å². The van der Waals surface area contributed by atoms with E-state index in [0.717, 1.165) is 52.3 Å². The molecule has 0 spiro atoms. The number of ether oxygens (including phenoxy) is 1. The van der Waals surface area contributed by atoms with E-state index in [4.69, 9.17) is 4.74 Å². The van der Waals surface area contributed by atoms with E-state index in [9.17, 15) is 4.79 Å². The quantitative estimate of drug-likeness (QED) is 0.656. The van der Waals surface area contributed by atoms with Crippen molar-refractivity contribution in [3.05, 3.63) is 40.0 Å². The fraction of sp³-hybridized carbons (Fsp3) is 0.391. The first kappa shape index (κ1) is 19.9. The molecule has 1 aliphatic heterocycles. The van der Waals surface area contributed by atoms with Gasteiger partial charge in [-0.15, -0.1) is 11.3 Å². The van der Waals surface area contributed by atoms with Gasteiger partial charge < -0.3 is 15.0 Å². The van der Waals surface area contributed by atoms with E-state index in [-0.39, 0.29) is 11.8 Å². The highest BCUT2D eigenvalue weighted by Crippen LogP contribution is 2.42. The normalized spacial score (nSPS) is 16.8. The maximum absolute atomic E-state index is 12.5. The van der Waals surface area contributed by atoms with Gasteiger partial charge >= 0.3 is 0 Å². The molecule has 1 unspecified atom stereocenters. The van der Waals surface area contributed by atoms with Crippen LogP contribution in [0.3, 0.4) is 0 Å². The van der Waals surface area contributed by atoms with E-state index >= 15 is 0 Å². The Bertz CT molecular complexity index is 1200. The SMILES string of the molecule is CCOc1cc2c(cc1Nc1ncnc3sc4c(c13)CCC(C(=O)N(C)C)C4)C=NC2. The Morgan fingerprint density at radius 3 is 3.00 bits per heavy atom. The Morgan fingerprint density at radius 1 is 1.32 bits per heavy atom. The Morgan fingerprint density at radius 2 is 2.19 bits per heavy atom. The van der Waals surface area contributed by atoms with E-state index in [0.29, 0.717) is 13.2 Å². The highest BCUT2D eigenvalue weighted by Gasteiger charge is 2.30. The molecule has 1 atom stereocenters. The van der Waals surface area contributed by atoms with Crippen molar-refractivity contribution >= 4 is 45.2 Å². The van der Waals surface area contributed by atoms with E-state index in [1.54, 1.807) is 22.6 Å². The number of aliphatic imine (C=N–C) groups is 1. The fourth-order valence-electron chi connectivity index (χ4n) is 4.42. The number of nitrogens with zero attached hydrogens (tertiary/aromatic N) is 4. The summed E-state index contributed by atoms with van der Waals surface area (Å²) in [5, 5.41) is 4.58. The van der Waals surface area contributed by atoms with Crippen LogP contribution in [0.1, 0.15) is 34.9 Å². The minimum atomic E-state index is 0.0421. The second-order valence-corrected chi connectivity index (χ2v) is 9.24. The smallest absolute Gasteiger partial charge is 0.225 e. The molecule has 2 aliphatic rings. The number of carbonyl (C=O) groups is 1. The topological polar surface area (TPSA) is 79.7 Å². The third-order valence-corrected chi connectivity index (χ3v) is 7.08. The minimum Gasteiger partial charge on any atom is -0.492 e. The molecule has 1 N–H and O–H groups in total. The fourth-order valence-corrected chi connectivity index (χ4v) is 5.69. The average Bonchev–Trinajstić information content (AvgIpc) is 3.37. The van der Waals surface area contributed by atoms with Crippen LogP contribution in [0.4, 0.5) is 11.5 Å². The number of fused-ring (bicyclic) bond motifs is 4. The lowest BCUT2D eigenvalue weighted by atomic mass is 9.87. The van der Waals surface area contributed by atoms with Crippen LogP contribution in [0.2, 0.25) is 0 Å². The third-order valence-electron chi connectivity index (χ3n) is 5.92. The summed E-state index contributed by atoms with van der Waals surface area (Å²) in [5.74, 6) is 1.84. The monoisotopic (exact) mass is 435 g/mol. The first-order valence-corrected chi connectivity index (χ1v) is 11.4. The van der Waals surface area contributed by atoms with Crippen molar-refractivity contribution < 1.29 is 9.53 Å². The molecular formula is C23H25N5O2S.